The molecule has 0 saturated heterocycles. The Labute approximate surface area is 202 Å². The maximum Gasteiger partial charge on any atom is 0.276 e. The van der Waals surface area contributed by atoms with Gasteiger partial charge in [0, 0.05) is 28.7 Å². The molecule has 3 aromatic carbocycles. The first-order valence-electron chi connectivity index (χ1n) is 10.5. The SMILES string of the molecule is COc1ccc([N+](=O)[O-])cc1[C@H]1N=c2ccccc2=C2C(=O)NC(SCc3ccccc3F)=NN21. The number of amides is 1. The minimum absolute atomic E-state index is 0.143. The van der Waals surface area contributed by atoms with Crippen molar-refractivity contribution in [1.29, 1.82) is 0 Å². The lowest BCUT2D eigenvalue weighted by Crippen LogP contribution is -2.50. The number of carbonyl (C=O) groups is 1. The Morgan fingerprint density at radius 1 is 1.17 bits per heavy atom. The van der Waals surface area contributed by atoms with E-state index in [1.807, 2.05) is 0 Å². The molecule has 0 aromatic heterocycles. The molecule has 1 amide bonds. The number of nitro groups is 1. The van der Waals surface area contributed by atoms with Crippen molar-refractivity contribution in [2.75, 3.05) is 7.11 Å². The van der Waals surface area contributed by atoms with Gasteiger partial charge in [-0.25, -0.2) is 9.40 Å². The van der Waals surface area contributed by atoms with Gasteiger partial charge in [-0.05, 0) is 23.8 Å². The molecule has 0 fully saturated rings. The first-order valence-corrected chi connectivity index (χ1v) is 11.5. The van der Waals surface area contributed by atoms with Crippen LogP contribution in [-0.2, 0) is 10.5 Å². The molecule has 1 atom stereocenters. The van der Waals surface area contributed by atoms with Crippen LogP contribution in [0.1, 0.15) is 17.3 Å². The quantitative estimate of drug-likeness (QED) is 0.434. The van der Waals surface area contributed by atoms with Crippen molar-refractivity contribution in [3.8, 4) is 5.75 Å². The number of thioether (sulfide) groups is 1. The number of non-ortho nitro benzene ring substituents is 1. The minimum atomic E-state index is -0.898. The number of para-hydroxylation sites is 1. The van der Waals surface area contributed by atoms with Gasteiger partial charge in [-0.2, -0.15) is 0 Å². The van der Waals surface area contributed by atoms with E-state index in [1.165, 1.54) is 36.4 Å². The normalized spacial score (nSPS) is 16.5. The van der Waals surface area contributed by atoms with E-state index in [-0.39, 0.29) is 28.1 Å². The molecule has 5 rings (SSSR count). The van der Waals surface area contributed by atoms with Crippen LogP contribution < -0.4 is 20.6 Å². The largest absolute Gasteiger partial charge is 0.496 e. The average molecular weight is 492 g/mol. The molecule has 0 spiro atoms. The number of rotatable bonds is 5. The van der Waals surface area contributed by atoms with E-state index in [0.717, 1.165) is 11.8 Å². The summed E-state index contributed by atoms with van der Waals surface area (Å²) in [4.78, 5) is 29.0. The number of nitro benzene ring substituents is 1. The highest BCUT2D eigenvalue weighted by Gasteiger charge is 2.36. The van der Waals surface area contributed by atoms with E-state index in [4.69, 9.17) is 9.73 Å². The van der Waals surface area contributed by atoms with Crippen LogP contribution in [-0.4, -0.2) is 28.1 Å². The molecular weight excluding hydrogens is 473 g/mol. The number of methoxy groups -OCH3 is 1. The van der Waals surface area contributed by atoms with Crippen molar-refractivity contribution in [3.63, 3.8) is 0 Å². The predicted molar refractivity (Wildman–Crippen MR) is 128 cm³/mol. The van der Waals surface area contributed by atoms with Crippen LogP contribution in [0.15, 0.2) is 76.8 Å². The first kappa shape index (κ1) is 22.5. The van der Waals surface area contributed by atoms with Gasteiger partial charge in [-0.3, -0.25) is 25.2 Å². The highest BCUT2D eigenvalue weighted by molar-refractivity contribution is 8.13. The fraction of sp³-hybridized carbons (Fsp3) is 0.125. The molecule has 2 aliphatic heterocycles. The van der Waals surface area contributed by atoms with Crippen LogP contribution in [0.4, 0.5) is 10.1 Å². The zero-order chi connectivity index (χ0) is 24.5. The predicted octanol–water partition coefficient (Wildman–Crippen LogP) is 2.82. The van der Waals surface area contributed by atoms with Crippen molar-refractivity contribution in [1.82, 2.24) is 10.3 Å². The molecular formula is C24H18FN5O4S. The number of nitrogens with zero attached hydrogens (tertiary/aromatic N) is 4. The van der Waals surface area contributed by atoms with Gasteiger partial charge in [0.15, 0.2) is 11.3 Å². The van der Waals surface area contributed by atoms with E-state index in [2.05, 4.69) is 10.4 Å². The molecule has 2 heterocycles. The molecule has 0 aliphatic carbocycles. The van der Waals surface area contributed by atoms with E-state index in [9.17, 15) is 19.3 Å². The molecule has 11 heteroatoms. The molecule has 0 unspecified atom stereocenters. The molecule has 2 aliphatic rings. The second kappa shape index (κ2) is 9.18. The van der Waals surface area contributed by atoms with E-state index in [0.29, 0.717) is 27.5 Å². The van der Waals surface area contributed by atoms with Crippen LogP contribution in [0.5, 0.6) is 5.75 Å². The van der Waals surface area contributed by atoms with Crippen molar-refractivity contribution in [2.45, 2.75) is 11.9 Å². The van der Waals surface area contributed by atoms with Gasteiger partial charge in [0.1, 0.15) is 17.3 Å². The second-order valence-electron chi connectivity index (χ2n) is 7.64. The van der Waals surface area contributed by atoms with Crippen LogP contribution in [0, 0.1) is 15.9 Å². The molecule has 0 radical (unpaired) electrons. The van der Waals surface area contributed by atoms with Gasteiger partial charge in [-0.15, -0.1) is 5.10 Å². The average Bonchev–Trinajstić information content (AvgIpc) is 2.87. The molecule has 0 bridgehead atoms. The summed E-state index contributed by atoms with van der Waals surface area (Å²) in [7, 11) is 1.45. The summed E-state index contributed by atoms with van der Waals surface area (Å²) in [5, 5.41) is 21.6. The number of hydrazone groups is 1. The molecule has 1 N–H and O–H groups in total. The minimum Gasteiger partial charge on any atom is -0.496 e. The summed E-state index contributed by atoms with van der Waals surface area (Å²) in [6.45, 7) is 0. The second-order valence-corrected chi connectivity index (χ2v) is 8.60. The van der Waals surface area contributed by atoms with Crippen LogP contribution >= 0.6 is 11.8 Å². The monoisotopic (exact) mass is 491 g/mol. The Morgan fingerprint density at radius 3 is 2.71 bits per heavy atom. The van der Waals surface area contributed by atoms with Gasteiger partial charge in [0.25, 0.3) is 11.6 Å². The standard InChI is InChI=1S/C24H18FN5O4S/c1-34-20-11-10-15(30(32)33)12-17(20)22-26-19-9-5-3-7-16(19)21-23(31)27-24(28-29(21)22)35-13-14-6-2-4-8-18(14)25/h2-12,22H,13H2,1H3,(H,27,28,31)/t22-/m0/s1. The summed E-state index contributed by atoms with van der Waals surface area (Å²) >= 11 is 1.16. The Bertz CT molecular complexity index is 1510. The van der Waals surface area contributed by atoms with Crippen LogP contribution in [0.2, 0.25) is 0 Å². The molecule has 0 saturated carbocycles. The zero-order valence-corrected chi connectivity index (χ0v) is 19.2. The third-order valence-corrected chi connectivity index (χ3v) is 6.45. The van der Waals surface area contributed by atoms with Crippen molar-refractivity contribution < 1.29 is 18.8 Å². The number of hydrogen-bond donors (Lipinski definition) is 1. The highest BCUT2D eigenvalue weighted by atomic mass is 32.2. The number of fused-ring (bicyclic) bond motifs is 2. The number of amidine groups is 1. The summed E-state index contributed by atoms with van der Waals surface area (Å²) < 4.78 is 19.5. The van der Waals surface area contributed by atoms with Gasteiger partial charge in [0.2, 0.25) is 0 Å². The Morgan fingerprint density at radius 2 is 1.94 bits per heavy atom. The molecule has 35 heavy (non-hydrogen) atoms. The topological polar surface area (TPSA) is 109 Å². The van der Waals surface area contributed by atoms with Crippen molar-refractivity contribution in [3.05, 3.63) is 104 Å². The summed E-state index contributed by atoms with van der Waals surface area (Å²) in [6.07, 6.45) is -0.898. The lowest BCUT2D eigenvalue weighted by molar-refractivity contribution is -0.385. The number of carbonyl (C=O) groups excluding carboxylic acids is 1. The van der Waals surface area contributed by atoms with Gasteiger partial charge in [0.05, 0.1) is 17.4 Å². The number of ether oxygens (including phenoxy) is 1. The van der Waals surface area contributed by atoms with E-state index >= 15 is 0 Å². The third kappa shape index (κ3) is 4.21. The summed E-state index contributed by atoms with van der Waals surface area (Å²) in [5.41, 5.74) is 0.959. The maximum atomic E-state index is 14.1. The molecule has 3 aromatic rings. The Kier molecular flexibility index (Phi) is 5.91. The fourth-order valence-electron chi connectivity index (χ4n) is 3.89. The van der Waals surface area contributed by atoms with Gasteiger partial charge < -0.3 is 4.74 Å². The number of halogens is 1. The highest BCUT2D eigenvalue weighted by Crippen LogP contribution is 2.37. The number of nitrogens with one attached hydrogen (secondary N) is 1. The van der Waals surface area contributed by atoms with E-state index in [1.54, 1.807) is 42.5 Å². The van der Waals surface area contributed by atoms with Crippen molar-refractivity contribution >= 4 is 34.2 Å². The third-order valence-electron chi connectivity index (χ3n) is 5.54. The lowest BCUT2D eigenvalue weighted by atomic mass is 10.1. The van der Waals surface area contributed by atoms with Crippen LogP contribution in [0.25, 0.3) is 5.70 Å². The Balaban J connectivity index is 1.62. The summed E-state index contributed by atoms with van der Waals surface area (Å²) in [5.74, 6) is -0.151. The Hall–Kier alpha value is -4.25. The smallest absolute Gasteiger partial charge is 0.276 e. The number of hydrogen-bond acceptors (Lipinski definition) is 8. The number of benzene rings is 3. The lowest BCUT2D eigenvalue weighted by Gasteiger charge is -2.34. The fourth-order valence-corrected chi connectivity index (χ4v) is 4.73. The van der Waals surface area contributed by atoms with Gasteiger partial charge >= 0.3 is 0 Å². The van der Waals surface area contributed by atoms with Crippen LogP contribution in [0.3, 0.4) is 0 Å². The zero-order valence-electron chi connectivity index (χ0n) is 18.3. The first-order chi connectivity index (χ1) is 17.0. The summed E-state index contributed by atoms with van der Waals surface area (Å²) in [6, 6.07) is 17.7. The van der Waals surface area contributed by atoms with Crippen molar-refractivity contribution in [2.24, 2.45) is 10.1 Å². The molecule has 176 valence electrons. The molecule has 9 nitrogen and oxygen atoms in total. The van der Waals surface area contributed by atoms with E-state index < -0.39 is 17.0 Å². The maximum absolute atomic E-state index is 14.1. The van der Waals surface area contributed by atoms with Gasteiger partial charge in [-0.1, -0.05) is 48.2 Å².